The summed E-state index contributed by atoms with van der Waals surface area (Å²) in [5.74, 6) is -2.34. The number of phenolic OH excluding ortho intramolecular Hbond substituents is 1. The molecule has 0 radical (unpaired) electrons. The molecule has 0 bridgehead atoms. The Balaban J connectivity index is 2.07. The highest BCUT2D eigenvalue weighted by Crippen LogP contribution is 2.31. The van der Waals surface area contributed by atoms with E-state index >= 15 is 0 Å². The molecule has 0 aliphatic heterocycles. The van der Waals surface area contributed by atoms with E-state index in [2.05, 4.69) is 0 Å². The molecule has 4 unspecified atom stereocenters. The van der Waals surface area contributed by atoms with Crippen molar-refractivity contribution in [3.05, 3.63) is 29.8 Å². The number of carboxylic acid groups (broad SMARTS) is 1. The minimum atomic E-state index is -2.29. The van der Waals surface area contributed by atoms with Crippen LogP contribution in [-0.4, -0.2) is 68.5 Å². The summed E-state index contributed by atoms with van der Waals surface area (Å²) in [6, 6.07) is 4.36. The maximum absolute atomic E-state index is 11.9. The van der Waals surface area contributed by atoms with Crippen molar-refractivity contribution >= 4 is 18.0 Å². The summed E-state index contributed by atoms with van der Waals surface area (Å²) in [5.41, 5.74) is -1.78. The Kier molecular flexibility index (Phi) is 5.86. The first-order valence-electron chi connectivity index (χ1n) is 7.74. The molecule has 142 valence electrons. The lowest BCUT2D eigenvalue weighted by Crippen LogP contribution is -2.57. The number of hydrogen-bond acceptors (Lipinski definition) is 8. The van der Waals surface area contributed by atoms with E-state index in [0.717, 1.165) is 6.08 Å². The van der Waals surface area contributed by atoms with E-state index in [9.17, 15) is 30.0 Å². The molecule has 0 aromatic heterocycles. The predicted molar refractivity (Wildman–Crippen MR) is 87.4 cm³/mol. The summed E-state index contributed by atoms with van der Waals surface area (Å²) >= 11 is 0. The highest BCUT2D eigenvalue weighted by atomic mass is 16.6. The summed E-state index contributed by atoms with van der Waals surface area (Å²) < 4.78 is 9.92. The number of rotatable bonds is 5. The number of carbonyl (C=O) groups excluding carboxylic acids is 1. The van der Waals surface area contributed by atoms with Gasteiger partial charge in [0.1, 0.15) is 12.2 Å². The Morgan fingerprint density at radius 2 is 1.96 bits per heavy atom. The number of benzene rings is 1. The largest absolute Gasteiger partial charge is 0.504 e. The molecule has 0 heterocycles. The third-order valence-electron chi connectivity index (χ3n) is 4.14. The second-order valence-electron chi connectivity index (χ2n) is 6.04. The molecule has 0 saturated heterocycles. The third-order valence-corrected chi connectivity index (χ3v) is 4.14. The molecule has 9 nitrogen and oxygen atoms in total. The van der Waals surface area contributed by atoms with Crippen molar-refractivity contribution < 1.29 is 44.6 Å². The van der Waals surface area contributed by atoms with Crippen LogP contribution < -0.4 is 4.74 Å². The number of hydrogen-bond donors (Lipinski definition) is 5. The van der Waals surface area contributed by atoms with Gasteiger partial charge in [0.15, 0.2) is 17.1 Å². The number of esters is 1. The van der Waals surface area contributed by atoms with Crippen LogP contribution in [0.15, 0.2) is 24.3 Å². The fourth-order valence-electron chi connectivity index (χ4n) is 2.69. The average Bonchev–Trinajstić information content (AvgIpc) is 2.58. The molecule has 9 heteroatoms. The fraction of sp³-hybridized carbons (Fsp3) is 0.412. The van der Waals surface area contributed by atoms with Crippen LogP contribution in [0.2, 0.25) is 0 Å². The van der Waals surface area contributed by atoms with Crippen molar-refractivity contribution in [2.45, 2.75) is 36.8 Å². The lowest BCUT2D eigenvalue weighted by Gasteiger charge is -2.39. The minimum absolute atomic E-state index is 0.0699. The first kappa shape index (κ1) is 19.7. The van der Waals surface area contributed by atoms with E-state index in [1.807, 2.05) is 0 Å². The van der Waals surface area contributed by atoms with Crippen molar-refractivity contribution in [1.29, 1.82) is 0 Å². The standard InChI is InChI=1S/C17H20O9/c1-25-12-6-9(2-4-10(12)18)3-5-14(20)26-13-8-17(24,16(22)23)7-11(19)15(13)21/h2-6,11,13,15,18-19,21,24H,7-8H2,1H3,(H,22,23)/b5-3-. The van der Waals surface area contributed by atoms with Gasteiger partial charge in [0.25, 0.3) is 0 Å². The summed E-state index contributed by atoms with van der Waals surface area (Å²) in [7, 11) is 1.37. The molecule has 1 aromatic rings. The predicted octanol–water partition coefficient (Wildman–Crippen LogP) is -0.343. The zero-order valence-corrected chi connectivity index (χ0v) is 13.9. The van der Waals surface area contributed by atoms with Gasteiger partial charge in [-0.05, 0) is 23.8 Å². The lowest BCUT2D eigenvalue weighted by molar-refractivity contribution is -0.196. The zero-order valence-electron chi connectivity index (χ0n) is 13.9. The molecule has 1 aliphatic carbocycles. The normalized spacial score (nSPS) is 28.7. The van der Waals surface area contributed by atoms with Crippen molar-refractivity contribution in [2.75, 3.05) is 7.11 Å². The van der Waals surface area contributed by atoms with Gasteiger partial charge >= 0.3 is 11.9 Å². The maximum atomic E-state index is 11.9. The summed E-state index contributed by atoms with van der Waals surface area (Å²) in [4.78, 5) is 23.1. The van der Waals surface area contributed by atoms with Gasteiger partial charge in [0.2, 0.25) is 0 Å². The topological polar surface area (TPSA) is 154 Å². The highest BCUT2D eigenvalue weighted by molar-refractivity contribution is 5.87. The molecule has 26 heavy (non-hydrogen) atoms. The molecular weight excluding hydrogens is 348 g/mol. The van der Waals surface area contributed by atoms with Gasteiger partial charge in [-0.15, -0.1) is 0 Å². The number of ether oxygens (including phenoxy) is 2. The Labute approximate surface area is 148 Å². The van der Waals surface area contributed by atoms with Gasteiger partial charge in [-0.25, -0.2) is 9.59 Å². The SMILES string of the molecule is COc1cc(/C=C\C(=O)OC2CC(O)(C(=O)O)CC(O)C2O)ccc1O. The number of phenols is 1. The Bertz CT molecular complexity index is 714. The molecular formula is C17H20O9. The van der Waals surface area contributed by atoms with Crippen LogP contribution in [0.1, 0.15) is 18.4 Å². The minimum Gasteiger partial charge on any atom is -0.504 e. The molecule has 1 saturated carbocycles. The van der Waals surface area contributed by atoms with E-state index in [0.29, 0.717) is 5.56 Å². The van der Waals surface area contributed by atoms with E-state index < -0.39 is 48.7 Å². The zero-order chi connectivity index (χ0) is 19.5. The smallest absolute Gasteiger partial charge is 0.335 e. The highest BCUT2D eigenvalue weighted by Gasteiger charge is 2.50. The van der Waals surface area contributed by atoms with Crippen LogP contribution in [0.25, 0.3) is 6.08 Å². The van der Waals surface area contributed by atoms with Crippen molar-refractivity contribution in [1.82, 2.24) is 0 Å². The molecule has 0 amide bonds. The van der Waals surface area contributed by atoms with E-state index in [1.54, 1.807) is 0 Å². The first-order valence-corrected chi connectivity index (χ1v) is 7.74. The number of aliphatic carboxylic acids is 1. The Morgan fingerprint density at radius 3 is 2.58 bits per heavy atom. The molecule has 1 aromatic carbocycles. The molecule has 5 N–H and O–H groups in total. The van der Waals surface area contributed by atoms with Gasteiger partial charge in [-0.2, -0.15) is 0 Å². The lowest BCUT2D eigenvalue weighted by atomic mass is 9.79. The molecule has 2 rings (SSSR count). The maximum Gasteiger partial charge on any atom is 0.335 e. The monoisotopic (exact) mass is 368 g/mol. The van der Waals surface area contributed by atoms with Gasteiger partial charge in [-0.3, -0.25) is 0 Å². The van der Waals surface area contributed by atoms with Crippen LogP contribution in [0.3, 0.4) is 0 Å². The Hall–Kier alpha value is -2.62. The Morgan fingerprint density at radius 1 is 1.27 bits per heavy atom. The van der Waals surface area contributed by atoms with Gasteiger partial charge in [0, 0.05) is 18.9 Å². The second kappa shape index (κ2) is 7.73. The molecule has 1 fully saturated rings. The second-order valence-corrected chi connectivity index (χ2v) is 6.04. The molecule has 1 aliphatic rings. The number of carbonyl (C=O) groups is 2. The number of carboxylic acids is 1. The van der Waals surface area contributed by atoms with Crippen molar-refractivity contribution in [3.8, 4) is 11.5 Å². The van der Waals surface area contributed by atoms with Crippen LogP contribution >= 0.6 is 0 Å². The molecule has 0 spiro atoms. The van der Waals surface area contributed by atoms with Gasteiger partial charge < -0.3 is 35.0 Å². The summed E-state index contributed by atoms with van der Waals surface area (Å²) in [6.07, 6.45) is -3.17. The quantitative estimate of drug-likeness (QED) is 0.347. The van der Waals surface area contributed by atoms with E-state index in [-0.39, 0.29) is 11.5 Å². The van der Waals surface area contributed by atoms with Crippen molar-refractivity contribution in [3.63, 3.8) is 0 Å². The summed E-state index contributed by atoms with van der Waals surface area (Å²) in [5, 5.41) is 48.2. The van der Waals surface area contributed by atoms with Gasteiger partial charge in [0.05, 0.1) is 13.2 Å². The fourth-order valence-corrected chi connectivity index (χ4v) is 2.69. The number of aromatic hydroxyl groups is 1. The molecule has 4 atom stereocenters. The number of aliphatic hydroxyl groups excluding tert-OH is 2. The number of aliphatic hydroxyl groups is 3. The van der Waals surface area contributed by atoms with E-state index in [1.165, 1.54) is 31.4 Å². The first-order chi connectivity index (χ1) is 12.2. The van der Waals surface area contributed by atoms with Crippen LogP contribution in [0.5, 0.6) is 11.5 Å². The van der Waals surface area contributed by atoms with Gasteiger partial charge in [-0.1, -0.05) is 6.07 Å². The van der Waals surface area contributed by atoms with Crippen LogP contribution in [0.4, 0.5) is 0 Å². The number of methoxy groups -OCH3 is 1. The average molecular weight is 368 g/mol. The summed E-state index contributed by atoms with van der Waals surface area (Å²) in [6.45, 7) is 0. The van der Waals surface area contributed by atoms with E-state index in [4.69, 9.17) is 14.6 Å². The third kappa shape index (κ3) is 4.31. The van der Waals surface area contributed by atoms with Crippen molar-refractivity contribution in [2.24, 2.45) is 0 Å². The van der Waals surface area contributed by atoms with Crippen LogP contribution in [0, 0.1) is 0 Å². The van der Waals surface area contributed by atoms with Crippen LogP contribution in [-0.2, 0) is 14.3 Å².